The number of ether oxygens (including phenoxy) is 1. The van der Waals surface area contributed by atoms with Gasteiger partial charge in [-0.05, 0) is 12.8 Å². The van der Waals surface area contributed by atoms with Gasteiger partial charge in [-0.25, -0.2) is 0 Å². The zero-order valence-corrected chi connectivity index (χ0v) is 13.2. The molecule has 0 rings (SSSR count). The molecule has 1 nitrogen and oxygen atoms in total. The molecular weight excluding hydrogens is 232 g/mol. The van der Waals surface area contributed by atoms with Gasteiger partial charge in [0.25, 0.3) is 0 Å². The smallest absolute Gasteiger partial charge is 0.0761 e. The predicted octanol–water partition coefficient (Wildman–Crippen LogP) is 6.05. The Morgan fingerprint density at radius 2 is 1.16 bits per heavy atom. The molecule has 0 aliphatic rings. The van der Waals surface area contributed by atoms with E-state index in [0.29, 0.717) is 0 Å². The van der Waals surface area contributed by atoms with Crippen LogP contribution in [0.25, 0.3) is 0 Å². The van der Waals surface area contributed by atoms with Crippen molar-refractivity contribution in [3.8, 4) is 0 Å². The van der Waals surface area contributed by atoms with Crippen LogP contribution >= 0.6 is 0 Å². The van der Waals surface area contributed by atoms with Gasteiger partial charge in [0, 0.05) is 0 Å². The standard InChI is InChI=1S/C18H34O/c1-5-9-11-13-15-17(7-3)19-18(8-4)16-14-12-10-6-2/h7-8,17-18H,3-6,9-16H2,1-2H3. The minimum atomic E-state index is 0.200. The Bertz CT molecular complexity index is 188. The molecule has 0 saturated heterocycles. The summed E-state index contributed by atoms with van der Waals surface area (Å²) in [4.78, 5) is 0. The minimum Gasteiger partial charge on any atom is -0.367 e. The predicted molar refractivity (Wildman–Crippen MR) is 86.6 cm³/mol. The molecule has 2 unspecified atom stereocenters. The summed E-state index contributed by atoms with van der Waals surface area (Å²) in [5, 5.41) is 0. The fraction of sp³-hybridized carbons (Fsp3) is 0.778. The van der Waals surface area contributed by atoms with Gasteiger partial charge in [-0.1, -0.05) is 77.4 Å². The Hall–Kier alpha value is -0.560. The van der Waals surface area contributed by atoms with Crippen molar-refractivity contribution >= 4 is 0 Å². The van der Waals surface area contributed by atoms with Gasteiger partial charge in [0.15, 0.2) is 0 Å². The van der Waals surface area contributed by atoms with Crippen LogP contribution in [0.3, 0.4) is 0 Å². The van der Waals surface area contributed by atoms with Crippen LogP contribution in [0.2, 0.25) is 0 Å². The van der Waals surface area contributed by atoms with Crippen molar-refractivity contribution in [1.29, 1.82) is 0 Å². The van der Waals surface area contributed by atoms with Crippen molar-refractivity contribution in [3.63, 3.8) is 0 Å². The van der Waals surface area contributed by atoms with E-state index in [-0.39, 0.29) is 12.2 Å². The van der Waals surface area contributed by atoms with Gasteiger partial charge in [-0.2, -0.15) is 0 Å². The fourth-order valence-electron chi connectivity index (χ4n) is 2.25. The van der Waals surface area contributed by atoms with Crippen molar-refractivity contribution in [3.05, 3.63) is 25.3 Å². The maximum atomic E-state index is 6.07. The average molecular weight is 266 g/mol. The summed E-state index contributed by atoms with van der Waals surface area (Å²) in [6, 6.07) is 0. The van der Waals surface area contributed by atoms with E-state index in [1.807, 2.05) is 12.2 Å². The average Bonchev–Trinajstić information content (AvgIpc) is 2.44. The second-order valence-electron chi connectivity index (χ2n) is 5.38. The number of hydrogen-bond donors (Lipinski definition) is 0. The van der Waals surface area contributed by atoms with E-state index >= 15 is 0 Å². The lowest BCUT2D eigenvalue weighted by molar-refractivity contribution is 0.0299. The molecule has 0 aromatic carbocycles. The number of unbranched alkanes of at least 4 members (excludes halogenated alkanes) is 6. The lowest BCUT2D eigenvalue weighted by atomic mass is 10.1. The highest BCUT2D eigenvalue weighted by molar-refractivity contribution is 4.86. The number of hydrogen-bond acceptors (Lipinski definition) is 1. The molecule has 0 aromatic rings. The van der Waals surface area contributed by atoms with E-state index in [1.54, 1.807) is 0 Å². The summed E-state index contributed by atoms with van der Waals surface area (Å²) in [5.74, 6) is 0. The highest BCUT2D eigenvalue weighted by atomic mass is 16.5. The molecule has 0 amide bonds. The fourth-order valence-corrected chi connectivity index (χ4v) is 2.25. The van der Waals surface area contributed by atoms with Crippen LogP contribution in [0.1, 0.15) is 78.1 Å². The molecule has 0 aromatic heterocycles. The topological polar surface area (TPSA) is 9.23 Å². The summed E-state index contributed by atoms with van der Waals surface area (Å²) in [6.45, 7) is 12.3. The molecule has 112 valence electrons. The van der Waals surface area contributed by atoms with E-state index in [2.05, 4.69) is 27.0 Å². The third-order valence-corrected chi connectivity index (χ3v) is 3.56. The molecule has 2 atom stereocenters. The van der Waals surface area contributed by atoms with Gasteiger partial charge in [0.05, 0.1) is 12.2 Å². The summed E-state index contributed by atoms with van der Waals surface area (Å²) >= 11 is 0. The Morgan fingerprint density at radius 1 is 0.737 bits per heavy atom. The first-order chi connectivity index (χ1) is 9.28. The molecule has 19 heavy (non-hydrogen) atoms. The first-order valence-corrected chi connectivity index (χ1v) is 8.19. The molecule has 0 aliphatic heterocycles. The van der Waals surface area contributed by atoms with Crippen molar-refractivity contribution in [2.45, 2.75) is 90.3 Å². The van der Waals surface area contributed by atoms with Gasteiger partial charge >= 0.3 is 0 Å². The summed E-state index contributed by atoms with van der Waals surface area (Å²) in [7, 11) is 0. The van der Waals surface area contributed by atoms with Gasteiger partial charge in [0.2, 0.25) is 0 Å². The molecule has 0 fully saturated rings. The van der Waals surface area contributed by atoms with Crippen molar-refractivity contribution in [2.24, 2.45) is 0 Å². The highest BCUT2D eigenvalue weighted by Crippen LogP contribution is 2.15. The molecular formula is C18H34O. The molecule has 1 heteroatoms. The van der Waals surface area contributed by atoms with Crippen molar-refractivity contribution in [1.82, 2.24) is 0 Å². The van der Waals surface area contributed by atoms with Crippen molar-refractivity contribution < 1.29 is 4.74 Å². The third kappa shape index (κ3) is 11.0. The highest BCUT2D eigenvalue weighted by Gasteiger charge is 2.11. The number of rotatable bonds is 14. The first kappa shape index (κ1) is 18.4. The van der Waals surface area contributed by atoms with Crippen LogP contribution in [0, 0.1) is 0 Å². The zero-order chi connectivity index (χ0) is 14.3. The molecule has 0 spiro atoms. The Kier molecular flexibility index (Phi) is 13.5. The van der Waals surface area contributed by atoms with Crippen LogP contribution in [0.4, 0.5) is 0 Å². The van der Waals surface area contributed by atoms with E-state index in [1.165, 1.54) is 51.4 Å². The normalized spacial score (nSPS) is 14.0. The molecule has 0 radical (unpaired) electrons. The maximum Gasteiger partial charge on any atom is 0.0761 e. The lowest BCUT2D eigenvalue weighted by Crippen LogP contribution is -2.19. The Balaban J connectivity index is 3.82. The molecule has 0 aliphatic carbocycles. The molecule has 0 heterocycles. The van der Waals surface area contributed by atoms with Gasteiger partial charge in [0.1, 0.15) is 0 Å². The van der Waals surface area contributed by atoms with Crippen LogP contribution in [-0.4, -0.2) is 12.2 Å². The van der Waals surface area contributed by atoms with E-state index in [0.717, 1.165) is 12.8 Å². The monoisotopic (exact) mass is 266 g/mol. The largest absolute Gasteiger partial charge is 0.367 e. The van der Waals surface area contributed by atoms with Crippen LogP contribution in [-0.2, 0) is 4.74 Å². The summed E-state index contributed by atoms with van der Waals surface area (Å²) in [5.41, 5.74) is 0. The third-order valence-electron chi connectivity index (χ3n) is 3.56. The SMILES string of the molecule is C=CC(CCCCCC)OC(C=C)CCCCCC. The summed E-state index contributed by atoms with van der Waals surface area (Å²) < 4.78 is 6.07. The van der Waals surface area contributed by atoms with E-state index in [4.69, 9.17) is 4.74 Å². The molecule has 0 N–H and O–H groups in total. The Morgan fingerprint density at radius 3 is 1.47 bits per heavy atom. The molecule has 0 saturated carbocycles. The van der Waals surface area contributed by atoms with Gasteiger partial charge in [-0.3, -0.25) is 0 Å². The second-order valence-corrected chi connectivity index (χ2v) is 5.38. The van der Waals surface area contributed by atoms with Crippen LogP contribution in [0.15, 0.2) is 25.3 Å². The van der Waals surface area contributed by atoms with Gasteiger partial charge in [-0.15, -0.1) is 13.2 Å². The van der Waals surface area contributed by atoms with Crippen molar-refractivity contribution in [2.75, 3.05) is 0 Å². The zero-order valence-electron chi connectivity index (χ0n) is 13.2. The lowest BCUT2D eigenvalue weighted by Gasteiger charge is -2.20. The van der Waals surface area contributed by atoms with Crippen LogP contribution < -0.4 is 0 Å². The van der Waals surface area contributed by atoms with E-state index in [9.17, 15) is 0 Å². The quantitative estimate of drug-likeness (QED) is 0.274. The summed E-state index contributed by atoms with van der Waals surface area (Å²) in [6.07, 6.45) is 16.8. The molecule has 0 bridgehead atoms. The first-order valence-electron chi connectivity index (χ1n) is 8.19. The second kappa shape index (κ2) is 13.9. The maximum absolute atomic E-state index is 6.07. The Labute approximate surface area is 121 Å². The minimum absolute atomic E-state index is 0.200. The van der Waals surface area contributed by atoms with Crippen LogP contribution in [0.5, 0.6) is 0 Å². The van der Waals surface area contributed by atoms with E-state index < -0.39 is 0 Å². The van der Waals surface area contributed by atoms with Gasteiger partial charge < -0.3 is 4.74 Å².